The van der Waals surface area contributed by atoms with Gasteiger partial charge < -0.3 is 5.32 Å². The van der Waals surface area contributed by atoms with Gasteiger partial charge in [-0.15, -0.1) is 0 Å². The van der Waals surface area contributed by atoms with Crippen molar-refractivity contribution in [3.63, 3.8) is 0 Å². The van der Waals surface area contributed by atoms with E-state index in [2.05, 4.69) is 19.2 Å². The molecule has 1 atom stereocenters. The van der Waals surface area contributed by atoms with Crippen molar-refractivity contribution < 1.29 is 4.92 Å². The maximum atomic E-state index is 10.6. The fourth-order valence-electron chi connectivity index (χ4n) is 1.84. The first-order valence-corrected chi connectivity index (χ1v) is 6.14. The van der Waals surface area contributed by atoms with Crippen LogP contribution in [0.25, 0.3) is 0 Å². The molecule has 0 aliphatic rings. The van der Waals surface area contributed by atoms with Crippen LogP contribution in [0.4, 0.5) is 5.69 Å². The highest BCUT2D eigenvalue weighted by molar-refractivity contribution is 5.34. The summed E-state index contributed by atoms with van der Waals surface area (Å²) in [7, 11) is 0. The zero-order valence-corrected chi connectivity index (χ0v) is 10.5. The highest BCUT2D eigenvalue weighted by Gasteiger charge is 2.07. The van der Waals surface area contributed by atoms with Crippen LogP contribution in [0.1, 0.15) is 38.7 Å². The first-order chi connectivity index (χ1) is 8.17. The van der Waals surface area contributed by atoms with Crippen molar-refractivity contribution in [3.05, 3.63) is 39.9 Å². The average Bonchev–Trinajstić information content (AvgIpc) is 2.34. The Morgan fingerprint density at radius 2 is 2.18 bits per heavy atom. The Labute approximate surface area is 102 Å². The van der Waals surface area contributed by atoms with E-state index >= 15 is 0 Å². The van der Waals surface area contributed by atoms with Crippen molar-refractivity contribution in [1.82, 2.24) is 5.32 Å². The van der Waals surface area contributed by atoms with E-state index in [0.29, 0.717) is 12.6 Å². The zero-order chi connectivity index (χ0) is 12.7. The second-order valence-corrected chi connectivity index (χ2v) is 4.20. The van der Waals surface area contributed by atoms with Crippen molar-refractivity contribution in [1.29, 1.82) is 0 Å². The number of hydrogen-bond donors (Lipinski definition) is 1. The van der Waals surface area contributed by atoms with Gasteiger partial charge in [0.15, 0.2) is 0 Å². The maximum Gasteiger partial charge on any atom is 0.269 e. The summed E-state index contributed by atoms with van der Waals surface area (Å²) >= 11 is 0. The second kappa shape index (κ2) is 7.01. The molecule has 1 unspecified atom stereocenters. The van der Waals surface area contributed by atoms with Gasteiger partial charge in [-0.1, -0.05) is 32.4 Å². The fourth-order valence-corrected chi connectivity index (χ4v) is 1.84. The first-order valence-electron chi connectivity index (χ1n) is 6.14. The number of nitro groups is 1. The minimum atomic E-state index is -0.354. The standard InChI is InChI=1S/C13H20N2O2/c1-3-6-12(4-2)14-10-11-7-5-8-13(9-11)15(16)17/h5,7-9,12,14H,3-4,6,10H2,1-2H3. The molecule has 17 heavy (non-hydrogen) atoms. The number of nitro benzene ring substituents is 1. The number of benzene rings is 1. The normalized spacial score (nSPS) is 12.4. The van der Waals surface area contributed by atoms with Gasteiger partial charge in [0.1, 0.15) is 0 Å². The largest absolute Gasteiger partial charge is 0.310 e. The third-order valence-corrected chi connectivity index (χ3v) is 2.85. The van der Waals surface area contributed by atoms with E-state index in [1.165, 1.54) is 6.07 Å². The number of hydrogen-bond acceptors (Lipinski definition) is 3. The summed E-state index contributed by atoms with van der Waals surface area (Å²) in [6, 6.07) is 7.30. The summed E-state index contributed by atoms with van der Waals surface area (Å²) in [5.74, 6) is 0. The molecule has 1 rings (SSSR count). The molecule has 1 aromatic rings. The van der Waals surface area contributed by atoms with E-state index in [1.807, 2.05) is 6.07 Å². The molecule has 0 aliphatic carbocycles. The number of nitrogens with zero attached hydrogens (tertiary/aromatic N) is 1. The van der Waals surface area contributed by atoms with Crippen molar-refractivity contribution >= 4 is 5.69 Å². The molecule has 1 aromatic carbocycles. The first kappa shape index (κ1) is 13.6. The van der Waals surface area contributed by atoms with Gasteiger partial charge in [-0.2, -0.15) is 0 Å². The van der Waals surface area contributed by atoms with Gasteiger partial charge in [-0.25, -0.2) is 0 Å². The van der Waals surface area contributed by atoms with Gasteiger partial charge in [0.2, 0.25) is 0 Å². The molecule has 0 amide bonds. The fraction of sp³-hybridized carbons (Fsp3) is 0.538. The molecule has 0 aromatic heterocycles. The molecule has 0 saturated carbocycles. The van der Waals surface area contributed by atoms with Gasteiger partial charge in [-0.3, -0.25) is 10.1 Å². The van der Waals surface area contributed by atoms with E-state index in [1.54, 1.807) is 12.1 Å². The zero-order valence-electron chi connectivity index (χ0n) is 10.5. The summed E-state index contributed by atoms with van der Waals surface area (Å²) in [6.45, 7) is 5.01. The van der Waals surface area contributed by atoms with Crippen LogP contribution < -0.4 is 5.32 Å². The third-order valence-electron chi connectivity index (χ3n) is 2.85. The van der Waals surface area contributed by atoms with Gasteiger partial charge in [-0.05, 0) is 18.4 Å². The van der Waals surface area contributed by atoms with Gasteiger partial charge in [0.25, 0.3) is 5.69 Å². The summed E-state index contributed by atoms with van der Waals surface area (Å²) < 4.78 is 0. The van der Waals surface area contributed by atoms with E-state index in [0.717, 1.165) is 24.8 Å². The predicted molar refractivity (Wildman–Crippen MR) is 68.9 cm³/mol. The molecular weight excluding hydrogens is 216 g/mol. The average molecular weight is 236 g/mol. The topological polar surface area (TPSA) is 55.2 Å². The predicted octanol–water partition coefficient (Wildman–Crippen LogP) is 3.26. The summed E-state index contributed by atoms with van der Waals surface area (Å²) in [6.07, 6.45) is 3.38. The van der Waals surface area contributed by atoms with Gasteiger partial charge >= 0.3 is 0 Å². The molecule has 4 nitrogen and oxygen atoms in total. The number of nitrogens with one attached hydrogen (secondary N) is 1. The molecule has 94 valence electrons. The van der Waals surface area contributed by atoms with Crippen molar-refractivity contribution in [2.45, 2.75) is 45.7 Å². The Morgan fingerprint density at radius 3 is 2.76 bits per heavy atom. The third kappa shape index (κ3) is 4.53. The quantitative estimate of drug-likeness (QED) is 0.584. The van der Waals surface area contributed by atoms with Crippen LogP contribution in [0.5, 0.6) is 0 Å². The van der Waals surface area contributed by atoms with Crippen LogP contribution in [-0.4, -0.2) is 11.0 Å². The number of rotatable bonds is 7. The van der Waals surface area contributed by atoms with Crippen molar-refractivity contribution in [3.8, 4) is 0 Å². The monoisotopic (exact) mass is 236 g/mol. The van der Waals surface area contributed by atoms with E-state index in [9.17, 15) is 10.1 Å². The van der Waals surface area contributed by atoms with Crippen LogP contribution in [0.2, 0.25) is 0 Å². The van der Waals surface area contributed by atoms with Crippen LogP contribution >= 0.6 is 0 Å². The lowest BCUT2D eigenvalue weighted by Crippen LogP contribution is -2.27. The Morgan fingerprint density at radius 1 is 1.41 bits per heavy atom. The summed E-state index contributed by atoms with van der Waals surface area (Å²) in [5, 5.41) is 14.1. The highest BCUT2D eigenvalue weighted by Crippen LogP contribution is 2.13. The van der Waals surface area contributed by atoms with Gasteiger partial charge in [0, 0.05) is 24.7 Å². The second-order valence-electron chi connectivity index (χ2n) is 4.20. The molecule has 1 N–H and O–H groups in total. The lowest BCUT2D eigenvalue weighted by molar-refractivity contribution is -0.384. The van der Waals surface area contributed by atoms with Crippen LogP contribution in [0, 0.1) is 10.1 Å². The number of non-ortho nitro benzene ring substituents is 1. The molecule has 0 heterocycles. The Hall–Kier alpha value is -1.42. The minimum Gasteiger partial charge on any atom is -0.310 e. The van der Waals surface area contributed by atoms with Crippen LogP contribution in [0.15, 0.2) is 24.3 Å². The highest BCUT2D eigenvalue weighted by atomic mass is 16.6. The Balaban J connectivity index is 2.56. The van der Waals surface area contributed by atoms with E-state index in [4.69, 9.17) is 0 Å². The lowest BCUT2D eigenvalue weighted by atomic mass is 10.1. The smallest absolute Gasteiger partial charge is 0.269 e. The molecule has 0 bridgehead atoms. The summed E-state index contributed by atoms with van der Waals surface area (Å²) in [4.78, 5) is 10.3. The van der Waals surface area contributed by atoms with E-state index < -0.39 is 0 Å². The molecule has 0 aliphatic heterocycles. The molecule has 0 spiro atoms. The Kier molecular flexibility index (Phi) is 5.63. The minimum absolute atomic E-state index is 0.160. The van der Waals surface area contributed by atoms with Crippen LogP contribution in [0.3, 0.4) is 0 Å². The van der Waals surface area contributed by atoms with Crippen molar-refractivity contribution in [2.75, 3.05) is 0 Å². The van der Waals surface area contributed by atoms with Crippen LogP contribution in [-0.2, 0) is 6.54 Å². The lowest BCUT2D eigenvalue weighted by Gasteiger charge is -2.15. The molecule has 0 saturated heterocycles. The molecular formula is C13H20N2O2. The Bertz CT molecular complexity index is 366. The molecule has 4 heteroatoms. The molecule has 0 fully saturated rings. The summed E-state index contributed by atoms with van der Waals surface area (Å²) in [5.41, 5.74) is 1.13. The van der Waals surface area contributed by atoms with E-state index in [-0.39, 0.29) is 10.6 Å². The van der Waals surface area contributed by atoms with Crippen molar-refractivity contribution in [2.24, 2.45) is 0 Å². The van der Waals surface area contributed by atoms with Gasteiger partial charge in [0.05, 0.1) is 4.92 Å². The maximum absolute atomic E-state index is 10.6. The SMILES string of the molecule is CCCC(CC)NCc1cccc([N+](=O)[O-])c1. The molecule has 0 radical (unpaired) electrons.